The molecule has 1 saturated heterocycles. The van der Waals surface area contributed by atoms with E-state index in [0.717, 1.165) is 44.5 Å². The Bertz CT molecular complexity index is 581. The highest BCUT2D eigenvalue weighted by molar-refractivity contribution is 7.89. The van der Waals surface area contributed by atoms with Gasteiger partial charge in [0.25, 0.3) is 0 Å². The van der Waals surface area contributed by atoms with Gasteiger partial charge in [0, 0.05) is 31.4 Å². The Labute approximate surface area is 126 Å². The van der Waals surface area contributed by atoms with Gasteiger partial charge in [0.15, 0.2) is 0 Å². The van der Waals surface area contributed by atoms with E-state index in [0.29, 0.717) is 10.8 Å². The number of rotatable bonds is 5. The average molecular weight is 310 g/mol. The molecule has 2 fully saturated rings. The summed E-state index contributed by atoms with van der Waals surface area (Å²) in [6.45, 7) is 2.01. The van der Waals surface area contributed by atoms with Gasteiger partial charge in [-0.15, -0.1) is 0 Å². The molecule has 5 nitrogen and oxygen atoms in total. The fourth-order valence-corrected chi connectivity index (χ4v) is 4.08. The molecule has 1 aromatic carbocycles. The summed E-state index contributed by atoms with van der Waals surface area (Å²) >= 11 is 0. The molecule has 1 aromatic rings. The van der Waals surface area contributed by atoms with Gasteiger partial charge in [-0.3, -0.25) is 0 Å². The SMILES string of the molecule is O=S(=O)(NC1CC1)c1ccc(N2CCCC(CO)C2)cc1. The van der Waals surface area contributed by atoms with Crippen molar-refractivity contribution >= 4 is 15.7 Å². The molecule has 0 aromatic heterocycles. The Morgan fingerprint density at radius 3 is 2.52 bits per heavy atom. The second kappa shape index (κ2) is 5.94. The van der Waals surface area contributed by atoms with E-state index in [-0.39, 0.29) is 12.6 Å². The monoisotopic (exact) mass is 310 g/mol. The van der Waals surface area contributed by atoms with Crippen LogP contribution < -0.4 is 9.62 Å². The number of benzene rings is 1. The van der Waals surface area contributed by atoms with Gasteiger partial charge in [-0.25, -0.2) is 13.1 Å². The lowest BCUT2D eigenvalue weighted by Crippen LogP contribution is -2.36. The summed E-state index contributed by atoms with van der Waals surface area (Å²) in [5.41, 5.74) is 1.03. The zero-order valence-electron chi connectivity index (χ0n) is 12.0. The highest BCUT2D eigenvalue weighted by Gasteiger charge is 2.28. The molecule has 1 heterocycles. The van der Waals surface area contributed by atoms with Crippen LogP contribution in [0.4, 0.5) is 5.69 Å². The molecule has 21 heavy (non-hydrogen) atoms. The highest BCUT2D eigenvalue weighted by Crippen LogP contribution is 2.26. The quantitative estimate of drug-likeness (QED) is 0.861. The molecule has 1 aliphatic carbocycles. The third-order valence-corrected chi connectivity index (χ3v) is 5.72. The Morgan fingerprint density at radius 2 is 1.90 bits per heavy atom. The molecule has 0 amide bonds. The van der Waals surface area contributed by atoms with E-state index in [1.807, 2.05) is 12.1 Å². The predicted molar refractivity (Wildman–Crippen MR) is 81.8 cm³/mol. The zero-order valence-corrected chi connectivity index (χ0v) is 12.8. The van der Waals surface area contributed by atoms with E-state index in [2.05, 4.69) is 9.62 Å². The number of nitrogens with zero attached hydrogens (tertiary/aromatic N) is 1. The molecule has 2 aliphatic rings. The number of aliphatic hydroxyl groups excluding tert-OH is 1. The molecule has 6 heteroatoms. The second-order valence-electron chi connectivity index (χ2n) is 6.03. The van der Waals surface area contributed by atoms with Crippen LogP contribution in [-0.4, -0.2) is 39.3 Å². The number of sulfonamides is 1. The van der Waals surface area contributed by atoms with E-state index in [1.165, 1.54) is 0 Å². The van der Waals surface area contributed by atoms with Crippen molar-refractivity contribution in [3.05, 3.63) is 24.3 Å². The number of nitrogens with one attached hydrogen (secondary N) is 1. The summed E-state index contributed by atoms with van der Waals surface area (Å²) in [7, 11) is -3.37. The van der Waals surface area contributed by atoms with Gasteiger partial charge in [-0.05, 0) is 55.9 Å². The van der Waals surface area contributed by atoms with Crippen molar-refractivity contribution in [2.75, 3.05) is 24.6 Å². The average Bonchev–Trinajstić information content (AvgIpc) is 3.31. The van der Waals surface area contributed by atoms with E-state index in [1.54, 1.807) is 12.1 Å². The van der Waals surface area contributed by atoms with Gasteiger partial charge < -0.3 is 10.0 Å². The third-order valence-electron chi connectivity index (χ3n) is 4.19. The fourth-order valence-electron chi connectivity index (χ4n) is 2.77. The molecule has 1 aliphatic heterocycles. The standard InChI is InChI=1S/C15H22N2O3S/c18-11-12-2-1-9-17(10-12)14-5-7-15(8-6-14)21(19,20)16-13-3-4-13/h5-8,12-13,16,18H,1-4,9-11H2. The first-order valence-corrected chi connectivity index (χ1v) is 9.05. The minimum atomic E-state index is -3.37. The van der Waals surface area contributed by atoms with Gasteiger partial charge in [-0.2, -0.15) is 0 Å². The van der Waals surface area contributed by atoms with Crippen molar-refractivity contribution < 1.29 is 13.5 Å². The van der Waals surface area contributed by atoms with Crippen molar-refractivity contribution in [3.63, 3.8) is 0 Å². The first-order chi connectivity index (χ1) is 10.1. The van der Waals surface area contributed by atoms with Gasteiger partial charge in [-0.1, -0.05) is 0 Å². The maximum absolute atomic E-state index is 12.1. The lowest BCUT2D eigenvalue weighted by atomic mass is 9.98. The Balaban J connectivity index is 1.71. The van der Waals surface area contributed by atoms with Crippen molar-refractivity contribution in [1.29, 1.82) is 0 Å². The van der Waals surface area contributed by atoms with Crippen molar-refractivity contribution in [2.24, 2.45) is 5.92 Å². The summed E-state index contributed by atoms with van der Waals surface area (Å²) in [6.07, 6.45) is 4.00. The van der Waals surface area contributed by atoms with Crippen LogP contribution in [0.25, 0.3) is 0 Å². The molecule has 0 radical (unpaired) electrons. The molecule has 1 atom stereocenters. The van der Waals surface area contributed by atoms with Crippen LogP contribution in [0.15, 0.2) is 29.2 Å². The maximum Gasteiger partial charge on any atom is 0.240 e. The van der Waals surface area contributed by atoms with Crippen LogP contribution in [0, 0.1) is 5.92 Å². The van der Waals surface area contributed by atoms with Crippen LogP contribution in [-0.2, 0) is 10.0 Å². The Kier molecular flexibility index (Phi) is 4.19. The number of hydrogen-bond donors (Lipinski definition) is 2. The smallest absolute Gasteiger partial charge is 0.240 e. The topological polar surface area (TPSA) is 69.6 Å². The van der Waals surface area contributed by atoms with Gasteiger partial charge >= 0.3 is 0 Å². The van der Waals surface area contributed by atoms with Crippen molar-refractivity contribution in [3.8, 4) is 0 Å². The molecule has 2 N–H and O–H groups in total. The first kappa shape index (κ1) is 14.8. The van der Waals surface area contributed by atoms with Crippen molar-refractivity contribution in [1.82, 2.24) is 4.72 Å². The maximum atomic E-state index is 12.1. The van der Waals surface area contributed by atoms with Gasteiger partial charge in [0.05, 0.1) is 4.90 Å². The third kappa shape index (κ3) is 3.56. The Hall–Kier alpha value is -1.11. The lowest BCUT2D eigenvalue weighted by Gasteiger charge is -2.33. The van der Waals surface area contributed by atoms with E-state index >= 15 is 0 Å². The largest absolute Gasteiger partial charge is 0.396 e. The molecule has 3 rings (SSSR count). The van der Waals surface area contributed by atoms with E-state index < -0.39 is 10.0 Å². The minimum absolute atomic E-state index is 0.127. The summed E-state index contributed by atoms with van der Waals surface area (Å²) in [6, 6.07) is 7.19. The van der Waals surface area contributed by atoms with Gasteiger partial charge in [0.1, 0.15) is 0 Å². The number of hydrogen-bond acceptors (Lipinski definition) is 4. The number of anilines is 1. The molecule has 116 valence electrons. The minimum Gasteiger partial charge on any atom is -0.396 e. The van der Waals surface area contributed by atoms with Crippen LogP contribution in [0.1, 0.15) is 25.7 Å². The molecular weight excluding hydrogens is 288 g/mol. The van der Waals surface area contributed by atoms with E-state index in [4.69, 9.17) is 0 Å². The summed E-state index contributed by atoms with van der Waals surface area (Å²) in [5, 5.41) is 9.28. The molecule has 0 bridgehead atoms. The van der Waals surface area contributed by atoms with Crippen LogP contribution >= 0.6 is 0 Å². The zero-order chi connectivity index (χ0) is 14.9. The number of aliphatic hydroxyl groups is 1. The summed E-state index contributed by atoms with van der Waals surface area (Å²) in [4.78, 5) is 2.55. The molecule has 1 saturated carbocycles. The Morgan fingerprint density at radius 1 is 1.19 bits per heavy atom. The van der Waals surface area contributed by atoms with Gasteiger partial charge in [0.2, 0.25) is 10.0 Å². The molecule has 0 spiro atoms. The highest BCUT2D eigenvalue weighted by atomic mass is 32.2. The molecular formula is C15H22N2O3S. The number of piperidine rings is 1. The van der Waals surface area contributed by atoms with E-state index in [9.17, 15) is 13.5 Å². The van der Waals surface area contributed by atoms with Crippen LogP contribution in [0.2, 0.25) is 0 Å². The second-order valence-corrected chi connectivity index (χ2v) is 7.74. The first-order valence-electron chi connectivity index (χ1n) is 7.57. The normalized spacial score (nSPS) is 23.3. The van der Waals surface area contributed by atoms with Crippen LogP contribution in [0.3, 0.4) is 0 Å². The fraction of sp³-hybridized carbons (Fsp3) is 0.600. The lowest BCUT2D eigenvalue weighted by molar-refractivity contribution is 0.209. The predicted octanol–water partition coefficient (Wildman–Crippen LogP) is 1.34. The molecule has 1 unspecified atom stereocenters. The van der Waals surface area contributed by atoms with Crippen LogP contribution in [0.5, 0.6) is 0 Å². The summed E-state index contributed by atoms with van der Waals surface area (Å²) in [5.74, 6) is 0.318. The van der Waals surface area contributed by atoms with Crippen molar-refractivity contribution in [2.45, 2.75) is 36.6 Å². The summed E-state index contributed by atoms with van der Waals surface area (Å²) < 4.78 is 26.9.